The minimum atomic E-state index is -4.54. The number of thioether (sulfide) groups is 1. The molecular weight excluding hydrogens is 369 g/mol. The van der Waals surface area contributed by atoms with Crippen LogP contribution in [0.2, 0.25) is 5.02 Å². The Labute approximate surface area is 144 Å². The maximum absolute atomic E-state index is 12.9. The van der Waals surface area contributed by atoms with Crippen molar-refractivity contribution >= 4 is 34.9 Å². The second kappa shape index (κ2) is 7.58. The molecule has 0 saturated heterocycles. The highest BCUT2D eigenvalue weighted by atomic mass is 35.5. The summed E-state index contributed by atoms with van der Waals surface area (Å²) in [4.78, 5) is 11.8. The van der Waals surface area contributed by atoms with Crippen LogP contribution in [-0.4, -0.2) is 46.0 Å². The van der Waals surface area contributed by atoms with Crippen molar-refractivity contribution in [1.82, 2.24) is 19.9 Å². The highest BCUT2D eigenvalue weighted by molar-refractivity contribution is 7.99. The third-order valence-electron chi connectivity index (χ3n) is 2.91. The monoisotopic (exact) mass is 382 g/mol. The van der Waals surface area contributed by atoms with Crippen molar-refractivity contribution in [3.8, 4) is 0 Å². The van der Waals surface area contributed by atoms with Gasteiger partial charge in [0.15, 0.2) is 10.8 Å². The lowest BCUT2D eigenvalue weighted by molar-refractivity contribution is -0.137. The van der Waals surface area contributed by atoms with Crippen LogP contribution < -0.4 is 5.32 Å². The summed E-state index contributed by atoms with van der Waals surface area (Å²) in [6.45, 7) is 2.13. The van der Waals surface area contributed by atoms with Crippen molar-refractivity contribution in [2.45, 2.75) is 24.3 Å². The molecule has 0 bridgehead atoms. The molecule has 0 fully saturated rings. The molecule has 0 aliphatic rings. The van der Waals surface area contributed by atoms with E-state index in [1.54, 1.807) is 6.92 Å². The molecule has 0 aromatic carbocycles. The van der Waals surface area contributed by atoms with Crippen molar-refractivity contribution < 1.29 is 22.7 Å². The Morgan fingerprint density at radius 3 is 2.83 bits per heavy atom. The van der Waals surface area contributed by atoms with Gasteiger partial charge in [0.25, 0.3) is 0 Å². The first-order valence-electron chi connectivity index (χ1n) is 6.75. The Kier molecular flexibility index (Phi) is 5.94. The number of halogens is 4. The number of ether oxygens (including phenoxy) is 1. The zero-order valence-electron chi connectivity index (χ0n) is 12.7. The molecule has 24 heavy (non-hydrogen) atoms. The Morgan fingerprint density at radius 1 is 1.50 bits per heavy atom. The summed E-state index contributed by atoms with van der Waals surface area (Å²) in [5, 5.41) is 10.2. The van der Waals surface area contributed by atoms with Crippen molar-refractivity contribution in [1.29, 1.82) is 0 Å². The van der Waals surface area contributed by atoms with Gasteiger partial charge < -0.3 is 10.1 Å². The summed E-state index contributed by atoms with van der Waals surface area (Å²) in [5.74, 6) is -0.317. The van der Waals surface area contributed by atoms with E-state index in [1.807, 2.05) is 0 Å². The van der Waals surface area contributed by atoms with Gasteiger partial charge in [-0.05, 0) is 13.0 Å². The lowest BCUT2D eigenvalue weighted by atomic mass is 10.3. The van der Waals surface area contributed by atoms with E-state index in [9.17, 15) is 18.0 Å². The highest BCUT2D eigenvalue weighted by Crippen LogP contribution is 2.33. The number of hydrogen-bond donors (Lipinski definition) is 1. The second-order valence-electron chi connectivity index (χ2n) is 4.96. The van der Waals surface area contributed by atoms with Crippen LogP contribution in [0.1, 0.15) is 12.5 Å². The van der Waals surface area contributed by atoms with E-state index in [-0.39, 0.29) is 33.5 Å². The fraction of sp³-hybridized carbons (Fsp3) is 0.462. The fourth-order valence-corrected chi connectivity index (χ4v) is 2.89. The van der Waals surface area contributed by atoms with Gasteiger partial charge in [0.05, 0.1) is 22.9 Å². The number of nitrogens with zero attached hydrogens (tertiary/aromatic N) is 3. The molecule has 0 spiro atoms. The summed E-state index contributed by atoms with van der Waals surface area (Å²) < 4.78 is 44.6. The molecule has 1 unspecified atom stereocenters. The molecule has 2 heterocycles. The first-order valence-corrected chi connectivity index (χ1v) is 8.11. The third-order valence-corrected chi connectivity index (χ3v) is 4.13. The molecule has 1 N–H and O–H groups in total. The van der Waals surface area contributed by atoms with Gasteiger partial charge >= 0.3 is 6.18 Å². The summed E-state index contributed by atoms with van der Waals surface area (Å²) in [6, 6.07) is 0.614. The van der Waals surface area contributed by atoms with Gasteiger partial charge in [0.2, 0.25) is 5.91 Å². The number of pyridine rings is 1. The Bertz CT molecular complexity index is 738. The van der Waals surface area contributed by atoms with Crippen molar-refractivity contribution in [3.05, 3.63) is 22.8 Å². The van der Waals surface area contributed by atoms with E-state index < -0.39 is 11.7 Å². The molecular formula is C13H14ClF3N4O2S. The van der Waals surface area contributed by atoms with Crippen LogP contribution >= 0.6 is 23.4 Å². The molecule has 1 amide bonds. The van der Waals surface area contributed by atoms with Gasteiger partial charge in [-0.25, -0.2) is 0 Å². The largest absolute Gasteiger partial charge is 0.417 e. The quantitative estimate of drug-likeness (QED) is 0.778. The Morgan fingerprint density at radius 2 is 2.21 bits per heavy atom. The van der Waals surface area contributed by atoms with Crippen LogP contribution in [0.5, 0.6) is 0 Å². The van der Waals surface area contributed by atoms with Gasteiger partial charge in [-0.2, -0.15) is 13.2 Å². The van der Waals surface area contributed by atoms with Crippen molar-refractivity contribution in [3.63, 3.8) is 0 Å². The van der Waals surface area contributed by atoms with E-state index in [0.717, 1.165) is 28.4 Å². The number of carbonyl (C=O) groups is 1. The molecule has 6 nitrogen and oxygen atoms in total. The van der Waals surface area contributed by atoms with Crippen molar-refractivity contribution in [2.75, 3.05) is 19.5 Å². The van der Waals surface area contributed by atoms with E-state index in [0.29, 0.717) is 6.61 Å². The number of hydrogen-bond acceptors (Lipinski definition) is 5. The van der Waals surface area contributed by atoms with Crippen LogP contribution in [0.25, 0.3) is 5.65 Å². The molecule has 2 rings (SSSR count). The molecule has 1 atom stereocenters. The SMILES string of the molecule is COCC(C)NC(=O)CSc1nnc2c(Cl)cc(C(F)(F)F)cn12. The van der Waals surface area contributed by atoms with E-state index in [2.05, 4.69) is 15.5 Å². The molecule has 2 aromatic rings. The lowest BCUT2D eigenvalue weighted by Crippen LogP contribution is -2.36. The minimum Gasteiger partial charge on any atom is -0.383 e. The Hall–Kier alpha value is -1.52. The number of aromatic nitrogens is 3. The molecule has 0 radical (unpaired) electrons. The average molecular weight is 383 g/mol. The molecule has 0 saturated carbocycles. The normalized spacial score (nSPS) is 13.2. The summed E-state index contributed by atoms with van der Waals surface area (Å²) in [5.41, 5.74) is -0.819. The van der Waals surface area contributed by atoms with Crippen LogP contribution in [0.3, 0.4) is 0 Å². The summed E-state index contributed by atoms with van der Waals surface area (Å²) in [7, 11) is 1.52. The topological polar surface area (TPSA) is 68.5 Å². The van der Waals surface area contributed by atoms with Gasteiger partial charge in [0, 0.05) is 19.3 Å². The fourth-order valence-electron chi connectivity index (χ4n) is 1.93. The predicted octanol–water partition coefficient (Wildman–Crippen LogP) is 2.64. The van der Waals surface area contributed by atoms with Crippen LogP contribution in [0.15, 0.2) is 17.4 Å². The van der Waals surface area contributed by atoms with Gasteiger partial charge in [0.1, 0.15) is 0 Å². The number of fused-ring (bicyclic) bond motifs is 1. The first-order chi connectivity index (χ1) is 11.2. The molecule has 132 valence electrons. The molecule has 2 aromatic heterocycles. The summed E-state index contributed by atoms with van der Waals surface area (Å²) in [6.07, 6.45) is -3.69. The van der Waals surface area contributed by atoms with Crippen LogP contribution in [0.4, 0.5) is 13.2 Å². The zero-order chi connectivity index (χ0) is 17.9. The molecule has 0 aliphatic heterocycles. The standard InChI is InChI=1S/C13H14ClF3N4O2S/c1-7(5-23-2)18-10(22)6-24-12-20-19-11-9(14)3-8(4-21(11)12)13(15,16)17/h3-4,7H,5-6H2,1-2H3,(H,18,22). The number of alkyl halides is 3. The zero-order valence-corrected chi connectivity index (χ0v) is 14.3. The molecule has 0 aliphatic carbocycles. The number of nitrogens with one attached hydrogen (secondary N) is 1. The van der Waals surface area contributed by atoms with E-state index in [4.69, 9.17) is 16.3 Å². The average Bonchev–Trinajstić information content (AvgIpc) is 2.88. The summed E-state index contributed by atoms with van der Waals surface area (Å²) >= 11 is 6.79. The molecule has 11 heteroatoms. The van der Waals surface area contributed by atoms with Crippen LogP contribution in [-0.2, 0) is 15.7 Å². The number of carbonyl (C=O) groups excluding carboxylic acids is 1. The smallest absolute Gasteiger partial charge is 0.383 e. The maximum atomic E-state index is 12.9. The van der Waals surface area contributed by atoms with E-state index in [1.165, 1.54) is 7.11 Å². The Balaban J connectivity index is 2.15. The minimum absolute atomic E-state index is 0.0251. The number of rotatable bonds is 6. The maximum Gasteiger partial charge on any atom is 0.417 e. The number of amides is 1. The first kappa shape index (κ1) is 18.8. The lowest BCUT2D eigenvalue weighted by Gasteiger charge is -2.12. The van der Waals surface area contributed by atoms with Gasteiger partial charge in [-0.1, -0.05) is 23.4 Å². The predicted molar refractivity (Wildman–Crippen MR) is 83.2 cm³/mol. The van der Waals surface area contributed by atoms with E-state index >= 15 is 0 Å². The second-order valence-corrected chi connectivity index (χ2v) is 6.31. The van der Waals surface area contributed by atoms with Crippen LogP contribution in [0, 0.1) is 0 Å². The number of methoxy groups -OCH3 is 1. The van der Waals surface area contributed by atoms with Gasteiger partial charge in [-0.3, -0.25) is 9.20 Å². The third kappa shape index (κ3) is 4.52. The highest BCUT2D eigenvalue weighted by Gasteiger charge is 2.32. The van der Waals surface area contributed by atoms with Gasteiger partial charge in [-0.15, -0.1) is 10.2 Å². The van der Waals surface area contributed by atoms with Crippen molar-refractivity contribution in [2.24, 2.45) is 0 Å².